The Morgan fingerprint density at radius 1 is 1.17 bits per heavy atom. The highest BCUT2D eigenvalue weighted by Gasteiger charge is 2.18. The van der Waals surface area contributed by atoms with Crippen molar-refractivity contribution in [3.63, 3.8) is 0 Å². The molecule has 1 N–H and O–H groups in total. The molecule has 4 heterocycles. The number of carbonyl (C=O) groups is 1. The van der Waals surface area contributed by atoms with Crippen LogP contribution in [0, 0.1) is 0 Å². The number of hydrogen-bond acceptors (Lipinski definition) is 7. The third-order valence-electron chi connectivity index (χ3n) is 4.98. The van der Waals surface area contributed by atoms with Crippen LogP contribution >= 0.6 is 11.3 Å². The van der Waals surface area contributed by atoms with Crippen LogP contribution in [0.1, 0.15) is 16.1 Å². The lowest BCUT2D eigenvalue weighted by Gasteiger charge is -2.25. The van der Waals surface area contributed by atoms with Crippen molar-refractivity contribution in [3.05, 3.63) is 65.4 Å². The fourth-order valence-corrected chi connectivity index (χ4v) is 4.17. The number of hydrogen-bond donors (Lipinski definition) is 1. The molecule has 0 spiro atoms. The van der Waals surface area contributed by atoms with Crippen LogP contribution in [0.2, 0.25) is 0 Å². The molecule has 0 radical (unpaired) electrons. The van der Waals surface area contributed by atoms with E-state index in [1.807, 2.05) is 41.8 Å². The van der Waals surface area contributed by atoms with Crippen molar-refractivity contribution in [2.24, 2.45) is 0 Å². The Labute approximate surface area is 177 Å². The lowest BCUT2D eigenvalue weighted by atomic mass is 10.1. The molecule has 0 atom stereocenters. The first-order valence-corrected chi connectivity index (χ1v) is 10.6. The summed E-state index contributed by atoms with van der Waals surface area (Å²) in [5, 5.41) is 9.83. The summed E-state index contributed by atoms with van der Waals surface area (Å²) in [6.07, 6.45) is 3.24. The van der Waals surface area contributed by atoms with E-state index in [0.29, 0.717) is 16.3 Å². The highest BCUT2D eigenvalue weighted by molar-refractivity contribution is 7.14. The van der Waals surface area contributed by atoms with Crippen LogP contribution in [0.15, 0.2) is 54.2 Å². The van der Waals surface area contributed by atoms with Crippen LogP contribution in [0.3, 0.4) is 0 Å². The number of carbonyl (C=O) groups excluding carboxylic acids is 1. The summed E-state index contributed by atoms with van der Waals surface area (Å²) in [6, 6.07) is 11.8. The van der Waals surface area contributed by atoms with Gasteiger partial charge in [0.15, 0.2) is 10.8 Å². The average Bonchev–Trinajstić information content (AvgIpc) is 3.42. The van der Waals surface area contributed by atoms with Gasteiger partial charge in [0.05, 0.1) is 30.8 Å². The summed E-state index contributed by atoms with van der Waals surface area (Å²) < 4.78 is 7.07. The van der Waals surface area contributed by atoms with Gasteiger partial charge in [-0.1, -0.05) is 30.3 Å². The van der Waals surface area contributed by atoms with Gasteiger partial charge < -0.3 is 4.74 Å². The molecule has 0 unspecified atom stereocenters. The first-order valence-electron chi connectivity index (χ1n) is 9.72. The number of nitrogens with one attached hydrogen (secondary N) is 1. The maximum absolute atomic E-state index is 12.9. The highest BCUT2D eigenvalue weighted by atomic mass is 32.1. The Kier molecular flexibility index (Phi) is 5.22. The fraction of sp³-hybridized carbons (Fsp3) is 0.238. The van der Waals surface area contributed by atoms with Crippen LogP contribution in [0.4, 0.5) is 5.13 Å². The molecule has 4 aromatic rings. The lowest BCUT2D eigenvalue weighted by Crippen LogP contribution is -2.35. The molecule has 1 aliphatic heterocycles. The monoisotopic (exact) mass is 420 g/mol. The Morgan fingerprint density at radius 2 is 2.00 bits per heavy atom. The number of anilines is 1. The third kappa shape index (κ3) is 3.82. The Balaban J connectivity index is 1.34. The molecule has 1 fully saturated rings. The second kappa shape index (κ2) is 8.31. The highest BCUT2D eigenvalue weighted by Crippen LogP contribution is 2.22. The quantitative estimate of drug-likeness (QED) is 0.534. The van der Waals surface area contributed by atoms with Gasteiger partial charge in [-0.2, -0.15) is 5.10 Å². The van der Waals surface area contributed by atoms with Crippen LogP contribution < -0.4 is 5.32 Å². The number of amides is 1. The number of fused-ring (bicyclic) bond motifs is 1. The second-order valence-electron chi connectivity index (χ2n) is 6.98. The molecule has 152 valence electrons. The van der Waals surface area contributed by atoms with Crippen molar-refractivity contribution in [2.45, 2.75) is 6.54 Å². The summed E-state index contributed by atoms with van der Waals surface area (Å²) in [5.41, 5.74) is 3.76. The van der Waals surface area contributed by atoms with E-state index in [-0.39, 0.29) is 5.91 Å². The van der Waals surface area contributed by atoms with Crippen molar-refractivity contribution in [2.75, 3.05) is 31.6 Å². The van der Waals surface area contributed by atoms with Gasteiger partial charge in [0.25, 0.3) is 5.91 Å². The van der Waals surface area contributed by atoms with Crippen molar-refractivity contribution < 1.29 is 9.53 Å². The first-order chi connectivity index (χ1) is 14.8. The van der Waals surface area contributed by atoms with Crippen molar-refractivity contribution in [1.29, 1.82) is 0 Å². The van der Waals surface area contributed by atoms with E-state index in [0.717, 1.165) is 49.8 Å². The molecule has 0 bridgehead atoms. The second-order valence-corrected chi connectivity index (χ2v) is 7.83. The summed E-state index contributed by atoms with van der Waals surface area (Å²) in [5.74, 6) is -0.269. The molecule has 1 saturated heterocycles. The summed E-state index contributed by atoms with van der Waals surface area (Å²) in [4.78, 5) is 24.1. The van der Waals surface area contributed by atoms with Gasteiger partial charge in [0, 0.05) is 36.8 Å². The zero-order valence-corrected chi connectivity index (χ0v) is 17.0. The van der Waals surface area contributed by atoms with Crippen LogP contribution in [0.25, 0.3) is 16.9 Å². The number of aromatic nitrogens is 4. The van der Waals surface area contributed by atoms with Crippen LogP contribution in [-0.2, 0) is 11.3 Å². The van der Waals surface area contributed by atoms with Gasteiger partial charge in [-0.15, -0.1) is 11.3 Å². The molecule has 30 heavy (non-hydrogen) atoms. The Hall–Kier alpha value is -3.14. The fourth-order valence-electron chi connectivity index (χ4n) is 3.47. The van der Waals surface area contributed by atoms with Gasteiger partial charge in [-0.3, -0.25) is 15.0 Å². The maximum Gasteiger partial charge on any atom is 0.262 e. The van der Waals surface area contributed by atoms with Gasteiger partial charge in [0.2, 0.25) is 0 Å². The van der Waals surface area contributed by atoms with Gasteiger partial charge in [-0.05, 0) is 6.07 Å². The largest absolute Gasteiger partial charge is 0.379 e. The number of nitrogens with zero attached hydrogens (tertiary/aromatic N) is 5. The van der Waals surface area contributed by atoms with Crippen molar-refractivity contribution in [3.8, 4) is 11.3 Å². The predicted octanol–water partition coefficient (Wildman–Crippen LogP) is 2.94. The molecular formula is C21H20N6O2S. The molecule has 0 saturated carbocycles. The smallest absolute Gasteiger partial charge is 0.262 e. The number of rotatable bonds is 5. The zero-order chi connectivity index (χ0) is 20.3. The Bertz CT molecular complexity index is 1170. The van der Waals surface area contributed by atoms with Crippen LogP contribution in [-0.4, -0.2) is 56.7 Å². The Morgan fingerprint density at radius 3 is 2.83 bits per heavy atom. The SMILES string of the molecule is O=C(Nc1nc(CN2CCOCC2)cs1)c1cnn2c(-c3ccccc3)ccnc12. The molecule has 0 aliphatic carbocycles. The molecule has 3 aromatic heterocycles. The minimum absolute atomic E-state index is 0.269. The molecule has 1 aliphatic rings. The number of ether oxygens (including phenoxy) is 1. The maximum atomic E-state index is 12.9. The number of benzene rings is 1. The normalized spacial score (nSPS) is 14.8. The van der Waals surface area contributed by atoms with Crippen LogP contribution in [0.5, 0.6) is 0 Å². The minimum atomic E-state index is -0.269. The average molecular weight is 420 g/mol. The van der Waals surface area contributed by atoms with E-state index in [2.05, 4.69) is 25.3 Å². The van der Waals surface area contributed by atoms with E-state index < -0.39 is 0 Å². The predicted molar refractivity (Wildman–Crippen MR) is 115 cm³/mol. The molecule has 9 heteroatoms. The molecule has 5 rings (SSSR count). The third-order valence-corrected chi connectivity index (χ3v) is 5.78. The van der Waals surface area contributed by atoms with Gasteiger partial charge >= 0.3 is 0 Å². The molecule has 1 amide bonds. The van der Waals surface area contributed by atoms with Gasteiger partial charge in [-0.25, -0.2) is 14.5 Å². The molecule has 1 aromatic carbocycles. The van der Waals surface area contributed by atoms with E-state index in [4.69, 9.17) is 4.74 Å². The van der Waals surface area contributed by atoms with Crippen molar-refractivity contribution >= 4 is 28.0 Å². The standard InChI is InChI=1S/C21H20N6O2S/c28-20(25-21-24-16(14-30-21)13-26-8-10-29-11-9-26)17-12-23-27-18(6-7-22-19(17)27)15-4-2-1-3-5-15/h1-7,12,14H,8-11,13H2,(H,24,25,28). The van der Waals surface area contributed by atoms with Gasteiger partial charge in [0.1, 0.15) is 5.56 Å². The van der Waals surface area contributed by atoms with E-state index >= 15 is 0 Å². The molecule has 8 nitrogen and oxygen atoms in total. The van der Waals surface area contributed by atoms with E-state index in [9.17, 15) is 4.79 Å². The zero-order valence-electron chi connectivity index (χ0n) is 16.2. The summed E-state index contributed by atoms with van der Waals surface area (Å²) >= 11 is 1.42. The number of morpholine rings is 1. The minimum Gasteiger partial charge on any atom is -0.379 e. The summed E-state index contributed by atoms with van der Waals surface area (Å²) in [6.45, 7) is 4.06. The van der Waals surface area contributed by atoms with E-state index in [1.54, 1.807) is 16.9 Å². The molecular weight excluding hydrogens is 400 g/mol. The topological polar surface area (TPSA) is 84.7 Å². The number of thiazole rings is 1. The van der Waals surface area contributed by atoms with E-state index in [1.165, 1.54) is 11.3 Å². The van der Waals surface area contributed by atoms with Crippen molar-refractivity contribution in [1.82, 2.24) is 24.5 Å². The first kappa shape index (κ1) is 18.9. The summed E-state index contributed by atoms with van der Waals surface area (Å²) in [7, 11) is 0. The lowest BCUT2D eigenvalue weighted by molar-refractivity contribution is 0.0337.